The molecule has 0 aromatic heterocycles. The van der Waals surface area contributed by atoms with Crippen LogP contribution in [0, 0.1) is 0 Å². The molecule has 0 radical (unpaired) electrons. The zero-order valence-corrected chi connectivity index (χ0v) is 14.9. The Morgan fingerprint density at radius 3 is 2.35 bits per heavy atom. The van der Waals surface area contributed by atoms with E-state index >= 15 is 0 Å². The Morgan fingerprint density at radius 2 is 1.80 bits per heavy atom. The molecule has 0 spiro atoms. The molecule has 0 heterocycles. The minimum absolute atomic E-state index is 0. The van der Waals surface area contributed by atoms with Gasteiger partial charge < -0.3 is 15.4 Å². The van der Waals surface area contributed by atoms with Gasteiger partial charge in [-0.2, -0.15) is 0 Å². The minimum Gasteiger partial charge on any atom is -0.497 e. The molecule has 1 aromatic rings. The van der Waals surface area contributed by atoms with E-state index in [2.05, 4.69) is 34.7 Å². The van der Waals surface area contributed by atoms with E-state index in [4.69, 9.17) is 4.74 Å². The number of ether oxygens (including phenoxy) is 1. The van der Waals surface area contributed by atoms with Crippen molar-refractivity contribution in [1.82, 2.24) is 10.6 Å². The number of rotatable bonds is 7. The Morgan fingerprint density at radius 1 is 1.15 bits per heavy atom. The maximum absolute atomic E-state index is 5.14. The fraction of sp³-hybridized carbons (Fsp3) is 0.533. The molecule has 2 N–H and O–H groups in total. The van der Waals surface area contributed by atoms with Gasteiger partial charge in [-0.1, -0.05) is 25.5 Å². The summed E-state index contributed by atoms with van der Waals surface area (Å²) in [5.74, 6) is 1.77. The number of guanidine groups is 1. The third kappa shape index (κ3) is 7.57. The van der Waals surface area contributed by atoms with Crippen molar-refractivity contribution in [3.8, 4) is 5.75 Å². The number of unbranched alkanes of at least 4 members (excludes halogenated alkanes) is 1. The zero-order valence-electron chi connectivity index (χ0n) is 12.6. The van der Waals surface area contributed by atoms with Crippen molar-refractivity contribution in [2.75, 3.05) is 27.2 Å². The molecule has 0 aliphatic heterocycles. The Kier molecular flexibility index (Phi) is 11.2. The highest BCUT2D eigenvalue weighted by Crippen LogP contribution is 2.11. The predicted molar refractivity (Wildman–Crippen MR) is 96.4 cm³/mol. The van der Waals surface area contributed by atoms with Gasteiger partial charge in [0.1, 0.15) is 5.75 Å². The highest BCUT2D eigenvalue weighted by molar-refractivity contribution is 14.0. The first-order chi connectivity index (χ1) is 9.30. The fourth-order valence-electron chi connectivity index (χ4n) is 1.72. The van der Waals surface area contributed by atoms with Crippen molar-refractivity contribution in [3.63, 3.8) is 0 Å². The van der Waals surface area contributed by atoms with Crippen LogP contribution in [0.4, 0.5) is 0 Å². The molecule has 0 amide bonds. The molecule has 0 fully saturated rings. The molecular weight excluding hydrogens is 365 g/mol. The van der Waals surface area contributed by atoms with Crippen molar-refractivity contribution >= 4 is 29.9 Å². The van der Waals surface area contributed by atoms with Crippen molar-refractivity contribution in [2.45, 2.75) is 26.2 Å². The number of hydrogen-bond acceptors (Lipinski definition) is 2. The normalized spacial score (nSPS) is 10.7. The van der Waals surface area contributed by atoms with Crippen molar-refractivity contribution in [3.05, 3.63) is 29.8 Å². The molecule has 0 saturated heterocycles. The van der Waals surface area contributed by atoms with Crippen LogP contribution in [0.25, 0.3) is 0 Å². The third-order valence-electron chi connectivity index (χ3n) is 2.91. The number of methoxy groups -OCH3 is 1. The van der Waals surface area contributed by atoms with E-state index in [0.717, 1.165) is 31.2 Å². The predicted octanol–water partition coefficient (Wildman–Crippen LogP) is 2.82. The summed E-state index contributed by atoms with van der Waals surface area (Å²) in [5, 5.41) is 6.61. The molecule has 0 unspecified atom stereocenters. The van der Waals surface area contributed by atoms with Gasteiger partial charge in [-0.05, 0) is 30.5 Å². The second-order valence-electron chi connectivity index (χ2n) is 4.38. The van der Waals surface area contributed by atoms with Crippen LogP contribution in [0.15, 0.2) is 29.3 Å². The molecule has 1 aromatic carbocycles. The molecule has 0 bridgehead atoms. The lowest BCUT2D eigenvalue weighted by Gasteiger charge is -2.11. The van der Waals surface area contributed by atoms with Crippen LogP contribution in [0.1, 0.15) is 25.3 Å². The van der Waals surface area contributed by atoms with Gasteiger partial charge in [-0.15, -0.1) is 24.0 Å². The fourth-order valence-corrected chi connectivity index (χ4v) is 1.72. The molecule has 4 nitrogen and oxygen atoms in total. The van der Waals surface area contributed by atoms with Gasteiger partial charge in [0.05, 0.1) is 7.11 Å². The molecular formula is C15H26IN3O. The van der Waals surface area contributed by atoms with Gasteiger partial charge in [-0.3, -0.25) is 4.99 Å². The van der Waals surface area contributed by atoms with E-state index in [-0.39, 0.29) is 24.0 Å². The van der Waals surface area contributed by atoms with Crippen LogP contribution in [-0.2, 0) is 6.42 Å². The molecule has 5 heteroatoms. The first-order valence-corrected chi connectivity index (χ1v) is 6.87. The number of nitrogens with one attached hydrogen (secondary N) is 2. The van der Waals surface area contributed by atoms with Gasteiger partial charge in [0.25, 0.3) is 0 Å². The number of aliphatic imine (C=N–C) groups is 1. The van der Waals surface area contributed by atoms with E-state index in [0.29, 0.717) is 0 Å². The maximum atomic E-state index is 5.14. The van der Waals surface area contributed by atoms with Crippen LogP contribution < -0.4 is 15.4 Å². The first kappa shape index (κ1) is 19.0. The summed E-state index contributed by atoms with van der Waals surface area (Å²) in [6.45, 7) is 4.03. The molecule has 114 valence electrons. The minimum atomic E-state index is 0. The summed E-state index contributed by atoms with van der Waals surface area (Å²) in [5.41, 5.74) is 1.29. The lowest BCUT2D eigenvalue weighted by molar-refractivity contribution is 0.414. The van der Waals surface area contributed by atoms with Crippen LogP contribution in [-0.4, -0.2) is 33.2 Å². The van der Waals surface area contributed by atoms with Crippen molar-refractivity contribution in [1.29, 1.82) is 0 Å². The van der Waals surface area contributed by atoms with Gasteiger partial charge in [0, 0.05) is 20.1 Å². The molecule has 1 rings (SSSR count). The molecule has 0 atom stereocenters. The molecule has 20 heavy (non-hydrogen) atoms. The van der Waals surface area contributed by atoms with E-state index in [1.54, 1.807) is 14.2 Å². The summed E-state index contributed by atoms with van der Waals surface area (Å²) in [6, 6.07) is 8.16. The zero-order chi connectivity index (χ0) is 13.9. The summed E-state index contributed by atoms with van der Waals surface area (Å²) in [7, 11) is 3.48. The standard InChI is InChI=1S/C15H25N3O.HI/c1-4-5-11-17-15(16-2)18-12-10-13-6-8-14(19-3)9-7-13;/h6-9H,4-5,10-12H2,1-3H3,(H2,16,17,18);1H. The molecule has 0 aliphatic carbocycles. The Bertz CT molecular complexity index is 379. The smallest absolute Gasteiger partial charge is 0.190 e. The van der Waals surface area contributed by atoms with Gasteiger partial charge in [0.2, 0.25) is 0 Å². The summed E-state index contributed by atoms with van der Waals surface area (Å²) >= 11 is 0. The Balaban J connectivity index is 0.00000361. The second kappa shape index (κ2) is 11.8. The summed E-state index contributed by atoms with van der Waals surface area (Å²) in [4.78, 5) is 4.19. The highest BCUT2D eigenvalue weighted by Gasteiger charge is 1.98. The lowest BCUT2D eigenvalue weighted by atomic mass is 10.1. The van der Waals surface area contributed by atoms with Gasteiger partial charge >= 0.3 is 0 Å². The van der Waals surface area contributed by atoms with E-state index in [1.165, 1.54) is 18.4 Å². The van der Waals surface area contributed by atoms with Crippen LogP contribution >= 0.6 is 24.0 Å². The molecule has 0 aliphatic rings. The van der Waals surface area contributed by atoms with Crippen molar-refractivity contribution in [2.24, 2.45) is 4.99 Å². The summed E-state index contributed by atoms with van der Waals surface area (Å²) < 4.78 is 5.14. The first-order valence-electron chi connectivity index (χ1n) is 6.87. The number of halogens is 1. The number of hydrogen-bond donors (Lipinski definition) is 2. The summed E-state index contributed by atoms with van der Waals surface area (Å²) in [6.07, 6.45) is 3.33. The highest BCUT2D eigenvalue weighted by atomic mass is 127. The van der Waals surface area contributed by atoms with Crippen LogP contribution in [0.2, 0.25) is 0 Å². The monoisotopic (exact) mass is 391 g/mol. The van der Waals surface area contributed by atoms with E-state index in [1.807, 2.05) is 12.1 Å². The third-order valence-corrected chi connectivity index (χ3v) is 2.91. The van der Waals surface area contributed by atoms with Gasteiger partial charge in [-0.25, -0.2) is 0 Å². The quantitative estimate of drug-likeness (QED) is 0.325. The van der Waals surface area contributed by atoms with Crippen molar-refractivity contribution < 1.29 is 4.74 Å². The van der Waals surface area contributed by atoms with Crippen LogP contribution in [0.5, 0.6) is 5.75 Å². The topological polar surface area (TPSA) is 45.7 Å². The largest absolute Gasteiger partial charge is 0.497 e. The average Bonchev–Trinajstić information content (AvgIpc) is 2.46. The Labute approximate surface area is 139 Å². The number of nitrogens with zero attached hydrogens (tertiary/aromatic N) is 1. The SMILES string of the molecule is CCCCNC(=NC)NCCc1ccc(OC)cc1.I. The second-order valence-corrected chi connectivity index (χ2v) is 4.38. The average molecular weight is 391 g/mol. The van der Waals surface area contributed by atoms with Gasteiger partial charge in [0.15, 0.2) is 5.96 Å². The Hall–Kier alpha value is -0.980. The number of benzene rings is 1. The molecule has 0 saturated carbocycles. The van der Waals surface area contributed by atoms with E-state index < -0.39 is 0 Å². The van der Waals surface area contributed by atoms with E-state index in [9.17, 15) is 0 Å². The van der Waals surface area contributed by atoms with Crippen LogP contribution in [0.3, 0.4) is 0 Å². The maximum Gasteiger partial charge on any atom is 0.190 e. The lowest BCUT2D eigenvalue weighted by Crippen LogP contribution is -2.38.